The molecule has 1 saturated heterocycles. The van der Waals surface area contributed by atoms with Crippen molar-refractivity contribution in [2.24, 2.45) is 17.6 Å². The zero-order chi connectivity index (χ0) is 12.8. The van der Waals surface area contributed by atoms with E-state index in [4.69, 9.17) is 5.73 Å². The van der Waals surface area contributed by atoms with Crippen molar-refractivity contribution in [2.45, 2.75) is 57.8 Å². The third-order valence-corrected chi connectivity index (χ3v) is 4.72. The summed E-state index contributed by atoms with van der Waals surface area (Å²) in [6.07, 6.45) is 10.7. The molecule has 0 aromatic rings. The molecule has 0 atom stereocenters. The molecule has 2 aliphatic rings. The van der Waals surface area contributed by atoms with E-state index in [2.05, 4.69) is 4.90 Å². The van der Waals surface area contributed by atoms with E-state index in [1.54, 1.807) is 0 Å². The average Bonchev–Trinajstić information content (AvgIpc) is 2.68. The number of likely N-dealkylation sites (tertiary alicyclic amines) is 1. The van der Waals surface area contributed by atoms with Gasteiger partial charge in [0, 0.05) is 19.5 Å². The second-order valence-electron chi connectivity index (χ2n) is 6.12. The van der Waals surface area contributed by atoms with Gasteiger partial charge in [-0.3, -0.25) is 4.79 Å². The summed E-state index contributed by atoms with van der Waals surface area (Å²) in [5.74, 6) is 1.76. The van der Waals surface area contributed by atoms with Crippen LogP contribution in [0.25, 0.3) is 0 Å². The van der Waals surface area contributed by atoms with Crippen LogP contribution in [0.5, 0.6) is 0 Å². The molecule has 3 heteroatoms. The highest BCUT2D eigenvalue weighted by atomic mass is 16.2. The van der Waals surface area contributed by atoms with Crippen LogP contribution >= 0.6 is 0 Å². The lowest BCUT2D eigenvalue weighted by molar-refractivity contribution is -0.132. The zero-order valence-electron chi connectivity index (χ0n) is 11.6. The Morgan fingerprint density at radius 2 is 1.50 bits per heavy atom. The van der Waals surface area contributed by atoms with E-state index >= 15 is 0 Å². The van der Waals surface area contributed by atoms with Gasteiger partial charge in [0.1, 0.15) is 0 Å². The van der Waals surface area contributed by atoms with Crippen molar-refractivity contribution < 1.29 is 4.79 Å². The lowest BCUT2D eigenvalue weighted by atomic mass is 9.80. The fourth-order valence-electron chi connectivity index (χ4n) is 3.37. The molecule has 2 N–H and O–H groups in total. The summed E-state index contributed by atoms with van der Waals surface area (Å²) in [7, 11) is 0. The molecule has 2 fully saturated rings. The fourth-order valence-corrected chi connectivity index (χ4v) is 3.37. The molecular weight excluding hydrogens is 224 g/mol. The van der Waals surface area contributed by atoms with Crippen molar-refractivity contribution in [3.63, 3.8) is 0 Å². The maximum Gasteiger partial charge on any atom is 0.222 e. The fraction of sp³-hybridized carbons (Fsp3) is 0.933. The molecule has 1 aliphatic heterocycles. The molecule has 0 bridgehead atoms. The molecule has 2 rings (SSSR count). The third kappa shape index (κ3) is 3.98. The first-order valence-corrected chi connectivity index (χ1v) is 7.77. The predicted molar refractivity (Wildman–Crippen MR) is 74.2 cm³/mol. The van der Waals surface area contributed by atoms with Crippen molar-refractivity contribution in [1.29, 1.82) is 0 Å². The number of amides is 1. The third-order valence-electron chi connectivity index (χ3n) is 4.72. The van der Waals surface area contributed by atoms with Crippen LogP contribution in [-0.4, -0.2) is 30.4 Å². The first kappa shape index (κ1) is 13.9. The number of nitrogens with two attached hydrogens (primary N) is 1. The standard InChI is InChI=1S/C15H28N2O/c16-12-14-7-5-13(6-8-14)11-15(18)17-9-3-1-2-4-10-17/h13-14H,1-12,16H2. The van der Waals surface area contributed by atoms with Crippen molar-refractivity contribution >= 4 is 5.91 Å². The molecule has 0 aromatic heterocycles. The highest BCUT2D eigenvalue weighted by Gasteiger charge is 2.24. The highest BCUT2D eigenvalue weighted by molar-refractivity contribution is 5.76. The molecule has 0 aromatic carbocycles. The van der Waals surface area contributed by atoms with Crippen LogP contribution in [0, 0.1) is 11.8 Å². The van der Waals surface area contributed by atoms with E-state index in [9.17, 15) is 4.79 Å². The highest BCUT2D eigenvalue weighted by Crippen LogP contribution is 2.30. The first-order chi connectivity index (χ1) is 8.79. The van der Waals surface area contributed by atoms with Gasteiger partial charge in [0.25, 0.3) is 0 Å². The van der Waals surface area contributed by atoms with Crippen LogP contribution in [0.1, 0.15) is 57.8 Å². The molecule has 104 valence electrons. The zero-order valence-corrected chi connectivity index (χ0v) is 11.6. The molecule has 1 amide bonds. The number of rotatable bonds is 3. The van der Waals surface area contributed by atoms with Crippen molar-refractivity contribution in [3.8, 4) is 0 Å². The Morgan fingerprint density at radius 1 is 0.944 bits per heavy atom. The Labute approximate surface area is 111 Å². The lowest BCUT2D eigenvalue weighted by Crippen LogP contribution is -2.34. The van der Waals surface area contributed by atoms with E-state index in [1.165, 1.54) is 51.4 Å². The number of hydrogen-bond donors (Lipinski definition) is 1. The minimum absolute atomic E-state index is 0.410. The Kier molecular flexibility index (Phi) is 5.48. The topological polar surface area (TPSA) is 46.3 Å². The molecular formula is C15H28N2O. The maximum absolute atomic E-state index is 12.3. The number of carbonyl (C=O) groups is 1. The van der Waals surface area contributed by atoms with Crippen molar-refractivity contribution in [1.82, 2.24) is 4.90 Å². The molecule has 1 aliphatic carbocycles. The van der Waals surface area contributed by atoms with Crippen molar-refractivity contribution in [3.05, 3.63) is 0 Å². The van der Waals surface area contributed by atoms with Crippen LogP contribution < -0.4 is 5.73 Å². The monoisotopic (exact) mass is 252 g/mol. The van der Waals surface area contributed by atoms with Gasteiger partial charge >= 0.3 is 0 Å². The minimum atomic E-state index is 0.410. The lowest BCUT2D eigenvalue weighted by Gasteiger charge is -2.29. The quantitative estimate of drug-likeness (QED) is 0.839. The molecule has 0 unspecified atom stereocenters. The van der Waals surface area contributed by atoms with E-state index in [1.807, 2.05) is 0 Å². The maximum atomic E-state index is 12.3. The molecule has 3 nitrogen and oxygen atoms in total. The normalized spacial score (nSPS) is 29.9. The van der Waals surface area contributed by atoms with Crippen LogP contribution in [0.4, 0.5) is 0 Å². The first-order valence-electron chi connectivity index (χ1n) is 7.77. The van der Waals surface area contributed by atoms with Gasteiger partial charge in [-0.25, -0.2) is 0 Å². The minimum Gasteiger partial charge on any atom is -0.343 e. The summed E-state index contributed by atoms with van der Waals surface area (Å²) in [5.41, 5.74) is 5.71. The molecule has 1 saturated carbocycles. The second kappa shape index (κ2) is 7.13. The molecule has 0 spiro atoms. The SMILES string of the molecule is NCC1CCC(CC(=O)N2CCCCCC2)CC1. The molecule has 1 heterocycles. The number of hydrogen-bond acceptors (Lipinski definition) is 2. The van der Waals surface area contributed by atoms with Gasteiger partial charge in [0.05, 0.1) is 0 Å². The summed E-state index contributed by atoms with van der Waals surface area (Å²) >= 11 is 0. The van der Waals surface area contributed by atoms with Gasteiger partial charge in [-0.1, -0.05) is 12.8 Å². The van der Waals surface area contributed by atoms with E-state index < -0.39 is 0 Å². The second-order valence-corrected chi connectivity index (χ2v) is 6.12. The molecule has 0 radical (unpaired) electrons. The number of carbonyl (C=O) groups excluding carboxylic acids is 1. The summed E-state index contributed by atoms with van der Waals surface area (Å²) in [5, 5.41) is 0. The summed E-state index contributed by atoms with van der Waals surface area (Å²) in [6.45, 7) is 2.82. The van der Waals surface area contributed by atoms with Crippen LogP contribution in [0.15, 0.2) is 0 Å². The van der Waals surface area contributed by atoms with Gasteiger partial charge in [0.15, 0.2) is 0 Å². The summed E-state index contributed by atoms with van der Waals surface area (Å²) in [6, 6.07) is 0. The van der Waals surface area contributed by atoms with E-state index in [0.29, 0.717) is 11.8 Å². The van der Waals surface area contributed by atoms with Crippen LogP contribution in [0.3, 0.4) is 0 Å². The largest absolute Gasteiger partial charge is 0.343 e. The van der Waals surface area contributed by atoms with Crippen molar-refractivity contribution in [2.75, 3.05) is 19.6 Å². The Morgan fingerprint density at radius 3 is 2.06 bits per heavy atom. The summed E-state index contributed by atoms with van der Waals surface area (Å²) in [4.78, 5) is 14.4. The number of nitrogens with zero attached hydrogens (tertiary/aromatic N) is 1. The molecule has 18 heavy (non-hydrogen) atoms. The van der Waals surface area contributed by atoms with Gasteiger partial charge in [-0.05, 0) is 56.9 Å². The Hall–Kier alpha value is -0.570. The Bertz CT molecular complexity index is 251. The van der Waals surface area contributed by atoms with Gasteiger partial charge in [0.2, 0.25) is 5.91 Å². The van der Waals surface area contributed by atoms with Crippen LogP contribution in [0.2, 0.25) is 0 Å². The smallest absolute Gasteiger partial charge is 0.222 e. The van der Waals surface area contributed by atoms with Gasteiger partial charge in [-0.2, -0.15) is 0 Å². The van der Waals surface area contributed by atoms with E-state index in [-0.39, 0.29) is 0 Å². The van der Waals surface area contributed by atoms with Gasteiger partial charge < -0.3 is 10.6 Å². The Balaban J connectivity index is 1.73. The average molecular weight is 252 g/mol. The van der Waals surface area contributed by atoms with Crippen LogP contribution in [-0.2, 0) is 4.79 Å². The predicted octanol–water partition coefficient (Wildman–Crippen LogP) is 2.54. The van der Waals surface area contributed by atoms with Gasteiger partial charge in [-0.15, -0.1) is 0 Å². The van der Waals surface area contributed by atoms with E-state index in [0.717, 1.165) is 32.0 Å². The summed E-state index contributed by atoms with van der Waals surface area (Å²) < 4.78 is 0.